The zero-order valence-electron chi connectivity index (χ0n) is 19.5. The molecular formula is C24H36N+. The predicted octanol–water partition coefficient (Wildman–Crippen LogP) is 5.97. The first-order valence-corrected chi connectivity index (χ1v) is 9.24. The van der Waals surface area contributed by atoms with Crippen LogP contribution in [-0.2, 0) is 19.8 Å². The van der Waals surface area contributed by atoms with Crippen molar-refractivity contribution in [3.05, 3.63) is 52.7 Å². The maximum absolute atomic E-state index is 8.94. The molecule has 0 unspecified atom stereocenters. The minimum atomic E-state index is -1.42. The van der Waals surface area contributed by atoms with Crippen molar-refractivity contribution in [3.63, 3.8) is 0 Å². The highest BCUT2D eigenvalue weighted by Gasteiger charge is 2.23. The van der Waals surface area contributed by atoms with Crippen LogP contribution in [0.5, 0.6) is 0 Å². The molecule has 0 saturated heterocycles. The molecule has 1 heterocycles. The lowest BCUT2D eigenvalue weighted by Crippen LogP contribution is -2.33. The third-order valence-corrected chi connectivity index (χ3v) is 4.24. The van der Waals surface area contributed by atoms with Gasteiger partial charge in [-0.2, -0.15) is 0 Å². The summed E-state index contributed by atoms with van der Waals surface area (Å²) in [5, 5.41) is 0. The fourth-order valence-electron chi connectivity index (χ4n) is 3.31. The van der Waals surface area contributed by atoms with Gasteiger partial charge in [-0.25, -0.2) is 4.57 Å². The first-order chi connectivity index (χ1) is 12.1. The van der Waals surface area contributed by atoms with Crippen LogP contribution >= 0.6 is 0 Å². The van der Waals surface area contributed by atoms with Gasteiger partial charge >= 0.3 is 0 Å². The number of pyridine rings is 1. The van der Waals surface area contributed by atoms with Crippen molar-refractivity contribution < 1.29 is 7.31 Å². The predicted molar refractivity (Wildman–Crippen MR) is 109 cm³/mol. The van der Waals surface area contributed by atoms with Gasteiger partial charge in [-0.1, -0.05) is 59.2 Å². The monoisotopic (exact) mass is 340 g/mol. The van der Waals surface area contributed by atoms with Gasteiger partial charge in [0.05, 0.1) is 0 Å². The maximum Gasteiger partial charge on any atom is 0.212 e. The van der Waals surface area contributed by atoms with Crippen LogP contribution in [0, 0.1) is 24.7 Å². The lowest BCUT2D eigenvalue weighted by atomic mass is 9.81. The summed E-state index contributed by atoms with van der Waals surface area (Å²) in [4.78, 5) is 0. The summed E-state index contributed by atoms with van der Waals surface area (Å²) < 4.78 is 20.0. The van der Waals surface area contributed by atoms with E-state index < -0.39 is 11.8 Å². The van der Waals surface area contributed by atoms with Crippen molar-refractivity contribution in [1.82, 2.24) is 0 Å². The smallest absolute Gasteiger partial charge is 0.201 e. The molecule has 2 aromatic rings. The molecule has 1 aromatic carbocycles. The molecule has 0 aliphatic rings. The van der Waals surface area contributed by atoms with E-state index in [9.17, 15) is 0 Å². The van der Waals surface area contributed by atoms with E-state index >= 15 is 0 Å². The Balaban J connectivity index is 2.78. The molecule has 0 fully saturated rings. The number of aromatic nitrogens is 1. The van der Waals surface area contributed by atoms with E-state index in [0.717, 1.165) is 28.8 Å². The van der Waals surface area contributed by atoms with Crippen LogP contribution in [0.15, 0.2) is 30.5 Å². The molecule has 0 bridgehead atoms. The average Bonchev–Trinajstić information content (AvgIpc) is 2.45. The molecule has 0 radical (unpaired) electrons. The van der Waals surface area contributed by atoms with Crippen LogP contribution in [0.4, 0.5) is 0 Å². The third-order valence-electron chi connectivity index (χ3n) is 4.24. The highest BCUT2D eigenvalue weighted by molar-refractivity contribution is 5.62. The van der Waals surface area contributed by atoms with E-state index in [1.165, 1.54) is 11.1 Å². The van der Waals surface area contributed by atoms with Crippen molar-refractivity contribution in [2.24, 2.45) is 17.9 Å². The molecule has 0 spiro atoms. The molecule has 1 heteroatoms. The van der Waals surface area contributed by atoms with Gasteiger partial charge in [0.1, 0.15) is 7.05 Å². The highest BCUT2D eigenvalue weighted by Crippen LogP contribution is 2.30. The van der Waals surface area contributed by atoms with Gasteiger partial charge < -0.3 is 0 Å². The maximum atomic E-state index is 8.94. The Bertz CT molecular complexity index is 837. The first-order valence-electron chi connectivity index (χ1n) is 10.2. The number of nitrogens with zero attached hydrogens (tertiary/aromatic N) is 1. The summed E-state index contributed by atoms with van der Waals surface area (Å²) in [7, 11) is 2.07. The molecule has 0 saturated carbocycles. The summed E-state index contributed by atoms with van der Waals surface area (Å²) in [6.07, 6.45) is 1.56. The molecule has 0 amide bonds. The van der Waals surface area contributed by atoms with E-state index in [1.807, 2.05) is 20.8 Å². The largest absolute Gasteiger partial charge is 0.212 e. The minimum absolute atomic E-state index is 0.0943. The SMILES string of the molecule is [2H]C([2H])(c1cc(-c2ccc(C)cc2C)[n+](C)cc1CC(C)(C)C)C(C)(C)C. The highest BCUT2D eigenvalue weighted by atomic mass is 14.9. The lowest BCUT2D eigenvalue weighted by Gasteiger charge is -2.24. The van der Waals surface area contributed by atoms with Gasteiger partial charge in [0.15, 0.2) is 6.20 Å². The van der Waals surface area contributed by atoms with Crippen LogP contribution in [0.3, 0.4) is 0 Å². The number of benzene rings is 1. The van der Waals surface area contributed by atoms with Gasteiger partial charge in [-0.15, -0.1) is 0 Å². The molecule has 0 N–H and O–H groups in total. The van der Waals surface area contributed by atoms with Crippen molar-refractivity contribution in [1.29, 1.82) is 0 Å². The molecular weight excluding hydrogens is 302 g/mol. The second-order valence-electron chi connectivity index (χ2n) is 9.64. The lowest BCUT2D eigenvalue weighted by molar-refractivity contribution is -0.660. The molecule has 1 aromatic heterocycles. The Morgan fingerprint density at radius 2 is 1.56 bits per heavy atom. The van der Waals surface area contributed by atoms with Crippen molar-refractivity contribution >= 4 is 0 Å². The Kier molecular flexibility index (Phi) is 4.67. The van der Waals surface area contributed by atoms with Crippen molar-refractivity contribution in [2.45, 2.75) is 68.2 Å². The van der Waals surface area contributed by atoms with Gasteiger partial charge in [0.25, 0.3) is 0 Å². The summed E-state index contributed by atoms with van der Waals surface area (Å²) in [5.41, 5.74) is 6.21. The van der Waals surface area contributed by atoms with E-state index in [0.29, 0.717) is 0 Å². The van der Waals surface area contributed by atoms with Gasteiger partial charge in [-0.3, -0.25) is 0 Å². The van der Waals surface area contributed by atoms with E-state index in [2.05, 4.69) is 76.7 Å². The molecule has 1 nitrogen and oxygen atoms in total. The number of rotatable bonds is 3. The minimum Gasteiger partial charge on any atom is -0.201 e. The van der Waals surface area contributed by atoms with Crippen molar-refractivity contribution in [3.8, 4) is 11.3 Å². The fourth-order valence-corrected chi connectivity index (χ4v) is 3.31. The summed E-state index contributed by atoms with van der Waals surface area (Å²) in [5.74, 6) is 0. The Hall–Kier alpha value is -1.63. The summed E-state index contributed by atoms with van der Waals surface area (Å²) >= 11 is 0. The second-order valence-corrected chi connectivity index (χ2v) is 9.64. The quantitative estimate of drug-likeness (QED) is 0.606. The van der Waals surface area contributed by atoms with Crippen LogP contribution in [0.2, 0.25) is 0 Å². The molecule has 2 rings (SSSR count). The van der Waals surface area contributed by atoms with Crippen LogP contribution in [0.25, 0.3) is 11.3 Å². The standard InChI is InChI=1S/C24H36N/c1-17-10-11-21(18(2)12-17)22-13-19(14-23(3,4)5)20(16-25(22)9)15-24(6,7)8/h10-13,16H,14-15H2,1-9H3/q+1/i14D2. The molecule has 0 aliphatic carbocycles. The normalized spacial score (nSPS) is 14.3. The van der Waals surface area contributed by atoms with Crippen LogP contribution in [0.1, 0.15) is 66.5 Å². The zero-order valence-corrected chi connectivity index (χ0v) is 17.5. The van der Waals surface area contributed by atoms with E-state index in [-0.39, 0.29) is 5.41 Å². The first kappa shape index (κ1) is 16.8. The number of hydrogen-bond acceptors (Lipinski definition) is 0. The Morgan fingerprint density at radius 3 is 2.08 bits per heavy atom. The Labute approximate surface area is 157 Å². The zero-order chi connectivity index (χ0) is 20.8. The van der Waals surface area contributed by atoms with Gasteiger partial charge in [0.2, 0.25) is 5.69 Å². The summed E-state index contributed by atoms with van der Waals surface area (Å²) in [6, 6.07) is 8.56. The van der Waals surface area contributed by atoms with Crippen LogP contribution in [-0.4, -0.2) is 0 Å². The second kappa shape index (κ2) is 6.94. The number of aryl methyl sites for hydroxylation is 3. The summed E-state index contributed by atoms with van der Waals surface area (Å²) in [6.45, 7) is 16.8. The third kappa shape index (κ3) is 5.42. The Morgan fingerprint density at radius 1 is 0.920 bits per heavy atom. The van der Waals surface area contributed by atoms with Gasteiger partial charge in [0, 0.05) is 19.9 Å². The van der Waals surface area contributed by atoms with Crippen molar-refractivity contribution in [2.75, 3.05) is 0 Å². The van der Waals surface area contributed by atoms with E-state index in [4.69, 9.17) is 2.74 Å². The average molecular weight is 341 g/mol. The van der Waals surface area contributed by atoms with Gasteiger partial charge in [-0.05, 0) is 54.7 Å². The fraction of sp³-hybridized carbons (Fsp3) is 0.542. The molecule has 136 valence electrons. The molecule has 0 aliphatic heterocycles. The number of hydrogen-bond donors (Lipinski definition) is 0. The van der Waals surface area contributed by atoms with Crippen LogP contribution < -0.4 is 4.57 Å². The van der Waals surface area contributed by atoms with E-state index in [1.54, 1.807) is 0 Å². The molecule has 0 atom stereocenters. The molecule has 25 heavy (non-hydrogen) atoms. The topological polar surface area (TPSA) is 3.88 Å².